The molecule has 2 aromatic carbocycles. The number of rotatable bonds is 6. The van der Waals surface area contributed by atoms with Crippen molar-refractivity contribution in [3.63, 3.8) is 0 Å². The molecule has 0 amide bonds. The van der Waals surface area contributed by atoms with E-state index in [0.717, 1.165) is 23.3 Å². The topological polar surface area (TPSA) is 93.4 Å². The molecule has 156 valence electrons. The zero-order chi connectivity index (χ0) is 21.1. The molecule has 0 bridgehead atoms. The van der Waals surface area contributed by atoms with E-state index in [-0.39, 0.29) is 10.6 Å². The second kappa shape index (κ2) is 8.53. The molecule has 0 saturated carbocycles. The molecule has 1 fully saturated rings. The van der Waals surface area contributed by atoms with E-state index in [0.29, 0.717) is 25.9 Å². The van der Waals surface area contributed by atoms with Gasteiger partial charge in [-0.2, -0.15) is 0 Å². The molecule has 1 aromatic heterocycles. The Balaban J connectivity index is 1.41. The summed E-state index contributed by atoms with van der Waals surface area (Å²) in [6.45, 7) is 1.19. The normalized spacial score (nSPS) is 15.3. The number of thiazole rings is 1. The maximum atomic E-state index is 13.0. The maximum Gasteiger partial charge on any atom is 0.270 e. The van der Waals surface area contributed by atoms with E-state index < -0.39 is 20.0 Å². The third kappa shape index (κ3) is 4.36. The van der Waals surface area contributed by atoms with Gasteiger partial charge in [0.05, 0.1) is 20.8 Å². The molecule has 1 aliphatic rings. The van der Waals surface area contributed by atoms with Gasteiger partial charge in [0.25, 0.3) is 5.69 Å². The lowest BCUT2D eigenvalue weighted by Crippen LogP contribution is -2.39. The number of sulfone groups is 1. The van der Waals surface area contributed by atoms with Crippen LogP contribution in [0.3, 0.4) is 0 Å². The van der Waals surface area contributed by atoms with E-state index in [9.17, 15) is 18.5 Å². The molecule has 3 aromatic rings. The number of nitro groups is 1. The Labute approximate surface area is 179 Å². The fraction of sp³-hybridized carbons (Fsp3) is 0.286. The molecule has 0 unspecified atom stereocenters. The van der Waals surface area contributed by atoms with Crippen molar-refractivity contribution in [3.8, 4) is 0 Å². The van der Waals surface area contributed by atoms with Gasteiger partial charge in [-0.3, -0.25) is 10.1 Å². The number of anilines is 1. The Hall–Kier alpha value is -2.78. The van der Waals surface area contributed by atoms with Gasteiger partial charge < -0.3 is 4.90 Å². The zero-order valence-corrected chi connectivity index (χ0v) is 17.8. The van der Waals surface area contributed by atoms with Gasteiger partial charge in [-0.1, -0.05) is 36.4 Å². The summed E-state index contributed by atoms with van der Waals surface area (Å²) in [7, 11) is -3.61. The van der Waals surface area contributed by atoms with Crippen molar-refractivity contribution in [1.82, 2.24) is 4.98 Å². The lowest BCUT2D eigenvalue weighted by atomic mass is 10.1. The quantitative estimate of drug-likeness (QED) is 0.421. The summed E-state index contributed by atoms with van der Waals surface area (Å²) >= 11 is 1.58. The Morgan fingerprint density at radius 1 is 1.10 bits per heavy atom. The highest BCUT2D eigenvalue weighted by molar-refractivity contribution is 7.92. The lowest BCUT2D eigenvalue weighted by Gasteiger charge is -2.31. The molecule has 0 aliphatic carbocycles. The van der Waals surface area contributed by atoms with Crippen LogP contribution < -0.4 is 4.90 Å². The van der Waals surface area contributed by atoms with E-state index >= 15 is 0 Å². The third-order valence-electron chi connectivity index (χ3n) is 5.28. The van der Waals surface area contributed by atoms with Crippen LogP contribution >= 0.6 is 11.3 Å². The second-order valence-electron chi connectivity index (χ2n) is 7.27. The minimum absolute atomic E-state index is 0.0227. The smallest absolute Gasteiger partial charge is 0.270 e. The first-order valence-electron chi connectivity index (χ1n) is 9.65. The third-order valence-corrected chi connectivity index (χ3v) is 8.49. The first-order valence-corrected chi connectivity index (χ1v) is 12.1. The monoisotopic (exact) mass is 443 g/mol. The number of piperidine rings is 1. The Morgan fingerprint density at radius 3 is 2.53 bits per heavy atom. The second-order valence-corrected chi connectivity index (χ2v) is 10.3. The summed E-state index contributed by atoms with van der Waals surface area (Å²) in [5.41, 5.74) is 2.01. The van der Waals surface area contributed by atoms with Crippen molar-refractivity contribution in [1.29, 1.82) is 0 Å². The van der Waals surface area contributed by atoms with E-state index in [4.69, 9.17) is 4.98 Å². The molecule has 0 atom stereocenters. The van der Waals surface area contributed by atoms with Gasteiger partial charge >= 0.3 is 0 Å². The van der Waals surface area contributed by atoms with Gasteiger partial charge in [0, 0.05) is 37.0 Å². The summed E-state index contributed by atoms with van der Waals surface area (Å²) < 4.78 is 25.9. The molecular weight excluding hydrogens is 422 g/mol. The van der Waals surface area contributed by atoms with Gasteiger partial charge in [0.2, 0.25) is 0 Å². The molecule has 0 radical (unpaired) electrons. The highest BCUT2D eigenvalue weighted by Crippen LogP contribution is 2.30. The number of aromatic nitrogens is 1. The predicted octanol–water partition coefficient (Wildman–Crippen LogP) is 4.08. The Kier molecular flexibility index (Phi) is 5.83. The van der Waals surface area contributed by atoms with E-state index in [1.54, 1.807) is 11.3 Å². The van der Waals surface area contributed by atoms with Gasteiger partial charge in [-0.05, 0) is 24.5 Å². The highest BCUT2D eigenvalue weighted by Gasteiger charge is 2.32. The van der Waals surface area contributed by atoms with E-state index in [1.165, 1.54) is 23.8 Å². The number of benzene rings is 2. The van der Waals surface area contributed by atoms with Gasteiger partial charge in [-0.25, -0.2) is 13.4 Å². The molecule has 7 nitrogen and oxygen atoms in total. The first-order chi connectivity index (χ1) is 14.4. The van der Waals surface area contributed by atoms with Crippen molar-refractivity contribution in [3.05, 3.63) is 81.3 Å². The average Bonchev–Trinajstić information content (AvgIpc) is 3.23. The molecule has 2 heterocycles. The van der Waals surface area contributed by atoms with Crippen LogP contribution in [0.4, 0.5) is 10.8 Å². The van der Waals surface area contributed by atoms with Gasteiger partial charge in [-0.15, -0.1) is 11.3 Å². The lowest BCUT2D eigenvalue weighted by molar-refractivity contribution is -0.385. The molecule has 1 aliphatic heterocycles. The predicted molar refractivity (Wildman–Crippen MR) is 117 cm³/mol. The summed E-state index contributed by atoms with van der Waals surface area (Å²) in [6.07, 6.45) is 1.71. The van der Waals surface area contributed by atoms with Gasteiger partial charge in [0.1, 0.15) is 0 Å². The summed E-state index contributed by atoms with van der Waals surface area (Å²) in [5, 5.41) is 13.4. The van der Waals surface area contributed by atoms with Gasteiger partial charge in [0.15, 0.2) is 15.0 Å². The summed E-state index contributed by atoms with van der Waals surface area (Å²) in [4.78, 5) is 17.3. The minimum atomic E-state index is -3.61. The van der Waals surface area contributed by atoms with E-state index in [2.05, 4.69) is 17.0 Å². The van der Waals surface area contributed by atoms with Crippen molar-refractivity contribution in [2.75, 3.05) is 18.0 Å². The van der Waals surface area contributed by atoms with Crippen molar-refractivity contribution < 1.29 is 13.3 Å². The molecular formula is C21H21N3O4S2. The maximum absolute atomic E-state index is 13.0. The summed E-state index contributed by atoms with van der Waals surface area (Å²) in [6, 6.07) is 15.5. The number of non-ortho nitro benzene ring substituents is 1. The number of hydrogen-bond acceptors (Lipinski definition) is 7. The van der Waals surface area contributed by atoms with Crippen LogP contribution in [-0.2, 0) is 16.3 Å². The van der Waals surface area contributed by atoms with Crippen LogP contribution in [0, 0.1) is 10.1 Å². The number of hydrogen-bond donors (Lipinski definition) is 0. The fourth-order valence-corrected chi connectivity index (χ4v) is 6.30. The standard InChI is InChI=1S/C21H21N3O4S2/c25-24(26)18-7-4-8-20(14-18)30(27,28)19-9-11-23(12-10-19)21-22-17(15-29-21)13-16-5-2-1-3-6-16/h1-8,14-15,19H,9-13H2. The number of nitrogens with zero attached hydrogens (tertiary/aromatic N) is 3. The minimum Gasteiger partial charge on any atom is -0.348 e. The molecule has 0 spiro atoms. The van der Waals surface area contributed by atoms with Crippen LogP contribution in [0.5, 0.6) is 0 Å². The van der Waals surface area contributed by atoms with Crippen LogP contribution in [0.2, 0.25) is 0 Å². The molecule has 1 saturated heterocycles. The molecule has 0 N–H and O–H groups in total. The first kappa shape index (κ1) is 20.5. The van der Waals surface area contributed by atoms with Crippen LogP contribution in [0.25, 0.3) is 0 Å². The largest absolute Gasteiger partial charge is 0.348 e. The van der Waals surface area contributed by atoms with Crippen LogP contribution in [0.1, 0.15) is 24.1 Å². The molecule has 9 heteroatoms. The summed E-state index contributed by atoms with van der Waals surface area (Å²) in [5.74, 6) is 0. The van der Waals surface area contributed by atoms with Crippen molar-refractivity contribution in [2.45, 2.75) is 29.4 Å². The Bertz CT molecular complexity index is 1140. The van der Waals surface area contributed by atoms with Crippen LogP contribution in [-0.4, -0.2) is 36.7 Å². The average molecular weight is 444 g/mol. The van der Waals surface area contributed by atoms with Crippen molar-refractivity contribution >= 4 is 32.0 Å². The fourth-order valence-electron chi connectivity index (χ4n) is 3.65. The van der Waals surface area contributed by atoms with Crippen molar-refractivity contribution in [2.24, 2.45) is 0 Å². The van der Waals surface area contributed by atoms with E-state index in [1.807, 2.05) is 23.6 Å². The zero-order valence-electron chi connectivity index (χ0n) is 16.2. The molecule has 30 heavy (non-hydrogen) atoms. The SMILES string of the molecule is O=[N+]([O-])c1cccc(S(=O)(=O)C2CCN(c3nc(Cc4ccccc4)cs3)CC2)c1. The van der Waals surface area contributed by atoms with Crippen LogP contribution in [0.15, 0.2) is 64.9 Å². The highest BCUT2D eigenvalue weighted by atomic mass is 32.2. The number of nitro benzene ring substituents is 1. The Morgan fingerprint density at radius 2 is 1.83 bits per heavy atom. The molecule has 4 rings (SSSR count).